The van der Waals surface area contributed by atoms with Crippen molar-refractivity contribution in [3.8, 4) is 6.07 Å². The van der Waals surface area contributed by atoms with Gasteiger partial charge in [0.25, 0.3) is 0 Å². The van der Waals surface area contributed by atoms with Gasteiger partial charge in [-0.15, -0.1) is 0 Å². The number of hydrogen-bond donors (Lipinski definition) is 0. The monoisotopic (exact) mass is 164 g/mol. The number of furan rings is 1. The predicted molar refractivity (Wildman–Crippen MR) is 45.5 cm³/mol. The molecular weight excluding hydrogens is 152 g/mol. The van der Waals surface area contributed by atoms with Crippen LogP contribution in [0.15, 0.2) is 16.5 Å². The number of nitrogens with zero attached hydrogens (tertiary/aromatic N) is 2. The van der Waals surface area contributed by atoms with Crippen LogP contribution in [0.3, 0.4) is 0 Å². The Kier molecular flexibility index (Phi) is 2.51. The van der Waals surface area contributed by atoms with Gasteiger partial charge in [0.1, 0.15) is 11.5 Å². The van der Waals surface area contributed by atoms with Crippen molar-refractivity contribution in [3.63, 3.8) is 0 Å². The van der Waals surface area contributed by atoms with Crippen molar-refractivity contribution in [3.05, 3.63) is 23.7 Å². The maximum Gasteiger partial charge on any atom is 0.156 e. The molecule has 12 heavy (non-hydrogen) atoms. The lowest BCUT2D eigenvalue weighted by molar-refractivity contribution is 0.307. The fraction of sp³-hybridized carbons (Fsp3) is 0.444. The minimum absolute atomic E-state index is 0.279. The lowest BCUT2D eigenvalue weighted by Crippen LogP contribution is -2.17. The Balaban J connectivity index is 2.89. The summed E-state index contributed by atoms with van der Waals surface area (Å²) in [6.07, 6.45) is 0. The molecule has 0 aliphatic rings. The van der Waals surface area contributed by atoms with E-state index in [0.29, 0.717) is 5.76 Å². The van der Waals surface area contributed by atoms with Gasteiger partial charge in [-0.2, -0.15) is 5.26 Å². The Morgan fingerprint density at radius 1 is 1.50 bits per heavy atom. The van der Waals surface area contributed by atoms with Crippen molar-refractivity contribution in [2.24, 2.45) is 0 Å². The van der Waals surface area contributed by atoms with Crippen LogP contribution in [0.25, 0.3) is 0 Å². The summed E-state index contributed by atoms with van der Waals surface area (Å²) in [5.41, 5.74) is 0. The van der Waals surface area contributed by atoms with Crippen LogP contribution in [-0.4, -0.2) is 19.0 Å². The Morgan fingerprint density at radius 3 is 2.50 bits per heavy atom. The normalized spacial score (nSPS) is 12.9. The zero-order valence-electron chi connectivity index (χ0n) is 7.53. The first-order valence-electron chi connectivity index (χ1n) is 3.77. The summed E-state index contributed by atoms with van der Waals surface area (Å²) in [6.45, 7) is 1.87. The molecule has 0 aliphatic heterocycles. The molecule has 0 bridgehead atoms. The first-order valence-corrected chi connectivity index (χ1v) is 3.77. The number of rotatable bonds is 2. The Hall–Kier alpha value is -1.27. The molecule has 3 heteroatoms. The molecule has 1 aromatic rings. The van der Waals surface area contributed by atoms with Crippen molar-refractivity contribution in [2.75, 3.05) is 14.1 Å². The van der Waals surface area contributed by atoms with E-state index >= 15 is 0 Å². The summed E-state index contributed by atoms with van der Waals surface area (Å²) in [7, 11) is 3.71. The summed E-state index contributed by atoms with van der Waals surface area (Å²) >= 11 is 0. The van der Waals surface area contributed by atoms with E-state index in [0.717, 1.165) is 5.76 Å². The topological polar surface area (TPSA) is 40.2 Å². The Bertz CT molecular complexity index is 296. The zero-order chi connectivity index (χ0) is 9.14. The van der Waals surface area contributed by atoms with Crippen LogP contribution in [0.4, 0.5) is 0 Å². The van der Waals surface area contributed by atoms with Crippen LogP contribution in [0.5, 0.6) is 0 Å². The van der Waals surface area contributed by atoms with Gasteiger partial charge in [-0.3, -0.25) is 4.90 Å². The molecule has 1 aromatic heterocycles. The third-order valence-electron chi connectivity index (χ3n) is 1.67. The number of nitriles is 1. The molecule has 0 fully saturated rings. The van der Waals surface area contributed by atoms with Crippen LogP contribution in [0, 0.1) is 18.3 Å². The van der Waals surface area contributed by atoms with Gasteiger partial charge in [0.15, 0.2) is 6.04 Å². The fourth-order valence-electron chi connectivity index (χ4n) is 1.03. The molecule has 1 heterocycles. The highest BCUT2D eigenvalue weighted by molar-refractivity contribution is 5.15. The molecule has 1 rings (SSSR count). The molecule has 0 saturated heterocycles. The molecule has 0 amide bonds. The largest absolute Gasteiger partial charge is 0.464 e. The van der Waals surface area contributed by atoms with Crippen LogP contribution >= 0.6 is 0 Å². The maximum absolute atomic E-state index is 8.81. The molecule has 0 spiro atoms. The summed E-state index contributed by atoms with van der Waals surface area (Å²) < 4.78 is 5.33. The minimum atomic E-state index is -0.279. The molecule has 0 aliphatic carbocycles. The highest BCUT2D eigenvalue weighted by Gasteiger charge is 2.15. The van der Waals surface area contributed by atoms with Crippen LogP contribution in [0.1, 0.15) is 17.6 Å². The number of hydrogen-bond acceptors (Lipinski definition) is 3. The van der Waals surface area contributed by atoms with E-state index in [4.69, 9.17) is 9.68 Å². The molecule has 3 nitrogen and oxygen atoms in total. The van der Waals surface area contributed by atoms with Crippen molar-refractivity contribution in [1.29, 1.82) is 5.26 Å². The summed E-state index contributed by atoms with van der Waals surface area (Å²) in [5.74, 6) is 1.55. The second kappa shape index (κ2) is 3.42. The van der Waals surface area contributed by atoms with Gasteiger partial charge in [-0.25, -0.2) is 0 Å². The van der Waals surface area contributed by atoms with E-state index in [1.807, 2.05) is 38.1 Å². The molecule has 0 radical (unpaired) electrons. The maximum atomic E-state index is 8.81. The van der Waals surface area contributed by atoms with Gasteiger partial charge in [0.05, 0.1) is 6.07 Å². The molecule has 1 atom stereocenters. The standard InChI is InChI=1S/C9H12N2O/c1-7-4-5-9(12-7)8(6-10)11(2)3/h4-5,8H,1-3H3. The van der Waals surface area contributed by atoms with Crippen LogP contribution in [0.2, 0.25) is 0 Å². The first kappa shape index (κ1) is 8.82. The third-order valence-corrected chi connectivity index (χ3v) is 1.67. The minimum Gasteiger partial charge on any atom is -0.464 e. The van der Waals surface area contributed by atoms with Crippen molar-refractivity contribution in [1.82, 2.24) is 4.90 Å². The van der Waals surface area contributed by atoms with E-state index in [1.54, 1.807) is 0 Å². The van der Waals surface area contributed by atoms with Crippen LogP contribution in [-0.2, 0) is 0 Å². The van der Waals surface area contributed by atoms with E-state index in [9.17, 15) is 0 Å². The second-order valence-electron chi connectivity index (χ2n) is 2.94. The van der Waals surface area contributed by atoms with Crippen molar-refractivity contribution >= 4 is 0 Å². The molecule has 0 N–H and O–H groups in total. The van der Waals surface area contributed by atoms with Gasteiger partial charge in [0, 0.05) is 0 Å². The summed E-state index contributed by atoms with van der Waals surface area (Å²) in [5, 5.41) is 8.81. The van der Waals surface area contributed by atoms with Crippen molar-refractivity contribution in [2.45, 2.75) is 13.0 Å². The fourth-order valence-corrected chi connectivity index (χ4v) is 1.03. The van der Waals surface area contributed by atoms with E-state index in [2.05, 4.69) is 6.07 Å². The van der Waals surface area contributed by atoms with E-state index in [-0.39, 0.29) is 6.04 Å². The quantitative estimate of drug-likeness (QED) is 0.668. The SMILES string of the molecule is Cc1ccc(C(C#N)N(C)C)o1. The lowest BCUT2D eigenvalue weighted by atomic mass is 10.2. The average molecular weight is 164 g/mol. The van der Waals surface area contributed by atoms with Gasteiger partial charge in [-0.1, -0.05) is 0 Å². The Labute approximate surface area is 72.2 Å². The Morgan fingerprint density at radius 2 is 2.17 bits per heavy atom. The van der Waals surface area contributed by atoms with Crippen molar-refractivity contribution < 1.29 is 4.42 Å². The first-order chi connectivity index (χ1) is 5.65. The zero-order valence-corrected chi connectivity index (χ0v) is 7.53. The molecule has 0 saturated carbocycles. The second-order valence-corrected chi connectivity index (χ2v) is 2.94. The number of aryl methyl sites for hydroxylation is 1. The summed E-state index contributed by atoms with van der Waals surface area (Å²) in [4.78, 5) is 1.82. The highest BCUT2D eigenvalue weighted by atomic mass is 16.3. The van der Waals surface area contributed by atoms with E-state index in [1.165, 1.54) is 0 Å². The van der Waals surface area contributed by atoms with Gasteiger partial charge in [-0.05, 0) is 33.2 Å². The molecular formula is C9H12N2O. The van der Waals surface area contributed by atoms with Gasteiger partial charge < -0.3 is 4.42 Å². The third kappa shape index (κ3) is 1.66. The van der Waals surface area contributed by atoms with Crippen LogP contribution < -0.4 is 0 Å². The average Bonchev–Trinajstić information content (AvgIpc) is 2.37. The smallest absolute Gasteiger partial charge is 0.156 e. The lowest BCUT2D eigenvalue weighted by Gasteiger charge is -2.13. The molecule has 0 aromatic carbocycles. The van der Waals surface area contributed by atoms with Gasteiger partial charge >= 0.3 is 0 Å². The van der Waals surface area contributed by atoms with Gasteiger partial charge in [0.2, 0.25) is 0 Å². The van der Waals surface area contributed by atoms with E-state index < -0.39 is 0 Å². The molecule has 64 valence electrons. The summed E-state index contributed by atoms with van der Waals surface area (Å²) in [6, 6.07) is 5.59. The predicted octanol–water partition coefficient (Wildman–Crippen LogP) is 1.71. The highest BCUT2D eigenvalue weighted by Crippen LogP contribution is 2.19. The molecule has 1 unspecified atom stereocenters.